The SMILES string of the molecule is CN(c1ccc(F)cc1)S(=O)(=O)c1ccc(Cl)c(C(=O)N2CCC(n3ccnc3)CC2)c1. The molecule has 32 heavy (non-hydrogen) atoms. The number of piperidine rings is 1. The third-order valence-corrected chi connectivity index (χ3v) is 7.83. The lowest BCUT2D eigenvalue weighted by atomic mass is 10.0. The van der Waals surface area contributed by atoms with E-state index in [1.165, 1.54) is 49.5 Å². The molecule has 7 nitrogen and oxygen atoms in total. The molecule has 4 rings (SSSR count). The highest BCUT2D eigenvalue weighted by atomic mass is 35.5. The van der Waals surface area contributed by atoms with Crippen molar-refractivity contribution in [3.05, 3.63) is 77.6 Å². The van der Waals surface area contributed by atoms with Crippen LogP contribution in [0.4, 0.5) is 10.1 Å². The Balaban J connectivity index is 1.54. The number of nitrogens with zero attached hydrogens (tertiary/aromatic N) is 4. The number of benzene rings is 2. The van der Waals surface area contributed by atoms with Crippen LogP contribution in [0.3, 0.4) is 0 Å². The number of hydrogen-bond donors (Lipinski definition) is 0. The first-order valence-electron chi connectivity index (χ1n) is 10.1. The van der Waals surface area contributed by atoms with Crippen LogP contribution in [0.2, 0.25) is 5.02 Å². The smallest absolute Gasteiger partial charge is 0.264 e. The fourth-order valence-electron chi connectivity index (χ4n) is 3.80. The van der Waals surface area contributed by atoms with E-state index in [9.17, 15) is 17.6 Å². The average molecular weight is 477 g/mol. The van der Waals surface area contributed by atoms with Gasteiger partial charge in [0.1, 0.15) is 5.82 Å². The van der Waals surface area contributed by atoms with Crippen LogP contribution in [0.15, 0.2) is 66.1 Å². The van der Waals surface area contributed by atoms with Gasteiger partial charge in [-0.3, -0.25) is 9.10 Å². The van der Waals surface area contributed by atoms with Gasteiger partial charge in [0, 0.05) is 38.6 Å². The first-order chi connectivity index (χ1) is 15.3. The maximum Gasteiger partial charge on any atom is 0.264 e. The largest absolute Gasteiger partial charge is 0.338 e. The van der Waals surface area contributed by atoms with Crippen LogP contribution in [0, 0.1) is 5.82 Å². The van der Waals surface area contributed by atoms with Crippen LogP contribution in [0.1, 0.15) is 29.2 Å². The number of rotatable bonds is 5. The number of sulfonamides is 1. The van der Waals surface area contributed by atoms with Crippen molar-refractivity contribution in [3.8, 4) is 0 Å². The fourth-order valence-corrected chi connectivity index (χ4v) is 5.22. The summed E-state index contributed by atoms with van der Waals surface area (Å²) in [4.78, 5) is 18.8. The second kappa shape index (κ2) is 8.91. The minimum Gasteiger partial charge on any atom is -0.338 e. The van der Waals surface area contributed by atoms with Crippen molar-refractivity contribution < 1.29 is 17.6 Å². The fraction of sp³-hybridized carbons (Fsp3) is 0.273. The summed E-state index contributed by atoms with van der Waals surface area (Å²) in [5.41, 5.74) is 0.442. The molecule has 1 amide bonds. The molecule has 0 radical (unpaired) electrons. The van der Waals surface area contributed by atoms with Gasteiger partial charge in [-0.25, -0.2) is 17.8 Å². The molecule has 2 aromatic carbocycles. The number of carbonyl (C=O) groups is 1. The zero-order valence-corrected chi connectivity index (χ0v) is 18.9. The molecule has 10 heteroatoms. The van der Waals surface area contributed by atoms with E-state index in [0.29, 0.717) is 18.8 Å². The molecule has 0 N–H and O–H groups in total. The van der Waals surface area contributed by atoms with Crippen LogP contribution >= 0.6 is 11.6 Å². The molecule has 0 spiro atoms. The molecular weight excluding hydrogens is 455 g/mol. The van der Waals surface area contributed by atoms with E-state index in [4.69, 9.17) is 11.6 Å². The molecule has 1 aliphatic heterocycles. The lowest BCUT2D eigenvalue weighted by Gasteiger charge is -2.33. The van der Waals surface area contributed by atoms with Gasteiger partial charge >= 0.3 is 0 Å². The zero-order valence-electron chi connectivity index (χ0n) is 17.4. The molecule has 0 unspecified atom stereocenters. The number of aromatic nitrogens is 2. The summed E-state index contributed by atoms with van der Waals surface area (Å²) in [5.74, 6) is -0.767. The predicted molar refractivity (Wildman–Crippen MR) is 120 cm³/mol. The number of likely N-dealkylation sites (tertiary alicyclic amines) is 1. The van der Waals surface area contributed by atoms with Gasteiger partial charge in [0.2, 0.25) is 0 Å². The Labute approximate surface area is 191 Å². The Morgan fingerprint density at radius 3 is 2.47 bits per heavy atom. The molecule has 1 aromatic heterocycles. The summed E-state index contributed by atoms with van der Waals surface area (Å²) in [6, 6.07) is 9.48. The third-order valence-electron chi connectivity index (χ3n) is 5.72. The highest BCUT2D eigenvalue weighted by Gasteiger charge is 2.28. The third kappa shape index (κ3) is 4.35. The summed E-state index contributed by atoms with van der Waals surface area (Å²) in [7, 11) is -2.60. The summed E-state index contributed by atoms with van der Waals surface area (Å²) in [5, 5.41) is 0.190. The van der Waals surface area contributed by atoms with Gasteiger partial charge in [-0.2, -0.15) is 0 Å². The summed E-state index contributed by atoms with van der Waals surface area (Å²) >= 11 is 6.27. The standard InChI is InChI=1S/C22H22ClFN4O3S/c1-26(17-4-2-16(24)3-5-17)32(30,31)19-6-7-21(23)20(14-19)22(29)27-11-8-18(9-12-27)28-13-10-25-15-28/h2-7,10,13-15,18H,8-9,11-12H2,1H3. The van der Waals surface area contributed by atoms with Gasteiger partial charge in [0.25, 0.3) is 15.9 Å². The van der Waals surface area contributed by atoms with Gasteiger partial charge < -0.3 is 9.47 Å². The van der Waals surface area contributed by atoms with Crippen LogP contribution in [-0.4, -0.2) is 48.9 Å². The maximum atomic E-state index is 13.2. The van der Waals surface area contributed by atoms with E-state index in [2.05, 4.69) is 4.98 Å². The summed E-state index contributed by atoms with van der Waals surface area (Å²) in [6.07, 6.45) is 6.94. The molecule has 1 fully saturated rings. The predicted octanol–water partition coefficient (Wildman–Crippen LogP) is 3.98. The van der Waals surface area contributed by atoms with Gasteiger partial charge in [-0.05, 0) is 55.3 Å². The molecule has 0 aliphatic carbocycles. The van der Waals surface area contributed by atoms with Crippen LogP contribution < -0.4 is 4.31 Å². The van der Waals surface area contributed by atoms with E-state index in [1.54, 1.807) is 17.4 Å². The van der Waals surface area contributed by atoms with E-state index < -0.39 is 15.8 Å². The summed E-state index contributed by atoms with van der Waals surface area (Å²) < 4.78 is 42.5. The molecule has 0 saturated carbocycles. The van der Waals surface area contributed by atoms with Gasteiger partial charge in [0.05, 0.1) is 27.5 Å². The average Bonchev–Trinajstić information content (AvgIpc) is 3.34. The van der Waals surface area contributed by atoms with Crippen molar-refractivity contribution >= 4 is 33.2 Å². The normalized spacial score (nSPS) is 15.0. The highest BCUT2D eigenvalue weighted by Crippen LogP contribution is 2.29. The quantitative estimate of drug-likeness (QED) is 0.558. The van der Waals surface area contributed by atoms with E-state index in [1.807, 2.05) is 10.8 Å². The van der Waals surface area contributed by atoms with Crippen LogP contribution in [-0.2, 0) is 10.0 Å². The number of hydrogen-bond acceptors (Lipinski definition) is 4. The molecule has 3 aromatic rings. The van der Waals surface area contributed by atoms with Crippen molar-refractivity contribution in [2.24, 2.45) is 0 Å². The minimum atomic E-state index is -3.98. The van der Waals surface area contributed by atoms with Gasteiger partial charge in [0.15, 0.2) is 0 Å². The van der Waals surface area contributed by atoms with Crippen molar-refractivity contribution in [1.82, 2.24) is 14.5 Å². The summed E-state index contributed by atoms with van der Waals surface area (Å²) in [6.45, 7) is 1.06. The van der Waals surface area contributed by atoms with Gasteiger partial charge in [-0.15, -0.1) is 0 Å². The number of imidazole rings is 1. The first-order valence-corrected chi connectivity index (χ1v) is 11.9. The molecule has 0 bridgehead atoms. The monoisotopic (exact) mass is 476 g/mol. The number of carbonyl (C=O) groups excluding carboxylic acids is 1. The second-order valence-electron chi connectivity index (χ2n) is 7.62. The minimum absolute atomic E-state index is 0.0645. The van der Waals surface area contributed by atoms with Crippen molar-refractivity contribution in [2.75, 3.05) is 24.4 Å². The number of amides is 1. The van der Waals surface area contributed by atoms with Crippen LogP contribution in [0.5, 0.6) is 0 Å². The first kappa shape index (κ1) is 22.3. The topological polar surface area (TPSA) is 75.5 Å². The van der Waals surface area contributed by atoms with E-state index >= 15 is 0 Å². The number of halogens is 2. The molecule has 1 saturated heterocycles. The Bertz CT molecular complexity index is 1210. The van der Waals surface area contributed by atoms with Gasteiger partial charge in [-0.1, -0.05) is 11.6 Å². The Morgan fingerprint density at radius 2 is 1.84 bits per heavy atom. The molecule has 1 aliphatic rings. The lowest BCUT2D eigenvalue weighted by Crippen LogP contribution is -2.39. The van der Waals surface area contributed by atoms with Crippen LogP contribution in [0.25, 0.3) is 0 Å². The molecule has 168 valence electrons. The van der Waals surface area contributed by atoms with Crippen molar-refractivity contribution in [3.63, 3.8) is 0 Å². The lowest BCUT2D eigenvalue weighted by molar-refractivity contribution is 0.0694. The van der Waals surface area contributed by atoms with E-state index in [0.717, 1.165) is 17.1 Å². The second-order valence-corrected chi connectivity index (χ2v) is 10.0. The van der Waals surface area contributed by atoms with Crippen molar-refractivity contribution in [1.29, 1.82) is 0 Å². The highest BCUT2D eigenvalue weighted by molar-refractivity contribution is 7.92. The number of anilines is 1. The Hall–Kier alpha value is -2.91. The van der Waals surface area contributed by atoms with Crippen molar-refractivity contribution in [2.45, 2.75) is 23.8 Å². The maximum absolute atomic E-state index is 13.2. The molecular formula is C22H22ClFN4O3S. The molecule has 0 atom stereocenters. The zero-order chi connectivity index (χ0) is 22.9. The Morgan fingerprint density at radius 1 is 1.16 bits per heavy atom. The Kier molecular flexibility index (Phi) is 6.21. The van der Waals surface area contributed by atoms with E-state index in [-0.39, 0.29) is 27.4 Å². The molecule has 2 heterocycles.